The Balaban J connectivity index is 1.73. The standard InChI is InChI=1S/C15H19F3N4O/c1-10-7-12-13(19-5-6-22(12)21-10)20-9-14(23)4-2-3-11(8-14)15(16,17)18/h5-7,11,23H,2-4,8-9H2,1H3,(H,19,20). The van der Waals surface area contributed by atoms with Gasteiger partial charge in [-0.3, -0.25) is 0 Å². The van der Waals surface area contributed by atoms with E-state index in [0.29, 0.717) is 18.7 Å². The quantitative estimate of drug-likeness (QED) is 0.909. The van der Waals surface area contributed by atoms with Crippen LogP contribution in [0.5, 0.6) is 0 Å². The number of fused-ring (bicyclic) bond motifs is 1. The molecular formula is C15H19F3N4O. The lowest BCUT2D eigenvalue weighted by atomic mass is 9.77. The molecule has 1 fully saturated rings. The van der Waals surface area contributed by atoms with Crippen LogP contribution in [0.15, 0.2) is 18.5 Å². The van der Waals surface area contributed by atoms with Gasteiger partial charge in [0.05, 0.1) is 17.2 Å². The molecule has 1 aliphatic carbocycles. The second-order valence-corrected chi connectivity index (χ2v) is 6.30. The molecule has 3 rings (SSSR count). The molecule has 0 amide bonds. The monoisotopic (exact) mass is 328 g/mol. The number of anilines is 1. The molecule has 8 heteroatoms. The molecule has 2 aromatic heterocycles. The Kier molecular flexibility index (Phi) is 3.95. The Labute approximate surface area is 131 Å². The van der Waals surface area contributed by atoms with Crippen molar-refractivity contribution in [3.05, 3.63) is 24.2 Å². The molecule has 2 N–H and O–H groups in total. The fraction of sp³-hybridized carbons (Fsp3) is 0.600. The Morgan fingerprint density at radius 2 is 2.26 bits per heavy atom. The van der Waals surface area contributed by atoms with Gasteiger partial charge in [0, 0.05) is 18.9 Å². The van der Waals surface area contributed by atoms with Crippen molar-refractivity contribution in [2.45, 2.75) is 44.4 Å². The van der Waals surface area contributed by atoms with Gasteiger partial charge >= 0.3 is 6.18 Å². The zero-order chi connectivity index (χ0) is 16.7. The zero-order valence-electron chi connectivity index (χ0n) is 12.8. The molecule has 126 valence electrons. The fourth-order valence-corrected chi connectivity index (χ4v) is 3.21. The molecule has 0 aromatic carbocycles. The summed E-state index contributed by atoms with van der Waals surface area (Å²) in [6, 6.07) is 1.83. The van der Waals surface area contributed by atoms with Gasteiger partial charge in [0.15, 0.2) is 5.82 Å². The highest BCUT2D eigenvalue weighted by molar-refractivity contribution is 5.67. The van der Waals surface area contributed by atoms with Crippen LogP contribution in [-0.2, 0) is 0 Å². The molecule has 0 saturated heterocycles. The van der Waals surface area contributed by atoms with Gasteiger partial charge in [-0.05, 0) is 38.7 Å². The lowest BCUT2D eigenvalue weighted by Crippen LogP contribution is -2.45. The van der Waals surface area contributed by atoms with Gasteiger partial charge < -0.3 is 10.4 Å². The van der Waals surface area contributed by atoms with Gasteiger partial charge in [0.2, 0.25) is 0 Å². The molecule has 1 saturated carbocycles. The maximum atomic E-state index is 12.9. The molecule has 2 aromatic rings. The Hall–Kier alpha value is -1.83. The van der Waals surface area contributed by atoms with Crippen molar-refractivity contribution in [3.8, 4) is 0 Å². The largest absolute Gasteiger partial charge is 0.391 e. The minimum atomic E-state index is -4.25. The SMILES string of the molecule is Cc1cc2c(NCC3(O)CCCC(C(F)(F)F)C3)nccn2n1. The first-order valence-electron chi connectivity index (χ1n) is 7.61. The van der Waals surface area contributed by atoms with Crippen LogP contribution in [0.1, 0.15) is 31.4 Å². The van der Waals surface area contributed by atoms with E-state index >= 15 is 0 Å². The van der Waals surface area contributed by atoms with E-state index in [1.807, 2.05) is 13.0 Å². The summed E-state index contributed by atoms with van der Waals surface area (Å²) in [7, 11) is 0. The molecule has 2 heterocycles. The first-order chi connectivity index (χ1) is 10.8. The summed E-state index contributed by atoms with van der Waals surface area (Å²) in [5.74, 6) is -0.931. The van der Waals surface area contributed by atoms with Crippen LogP contribution < -0.4 is 5.32 Å². The Bertz CT molecular complexity index is 700. The third-order valence-electron chi connectivity index (χ3n) is 4.38. The summed E-state index contributed by atoms with van der Waals surface area (Å²) in [6.45, 7) is 1.88. The highest BCUT2D eigenvalue weighted by Gasteiger charge is 2.46. The van der Waals surface area contributed by atoms with Gasteiger partial charge in [-0.25, -0.2) is 9.50 Å². The van der Waals surface area contributed by atoms with Gasteiger partial charge in [0.1, 0.15) is 5.52 Å². The lowest BCUT2D eigenvalue weighted by molar-refractivity contribution is -0.199. The highest BCUT2D eigenvalue weighted by Crippen LogP contribution is 2.41. The third kappa shape index (κ3) is 3.41. The van der Waals surface area contributed by atoms with Crippen molar-refractivity contribution < 1.29 is 18.3 Å². The molecule has 5 nitrogen and oxygen atoms in total. The minimum Gasteiger partial charge on any atom is -0.388 e. The van der Waals surface area contributed by atoms with E-state index in [1.165, 1.54) is 0 Å². The van der Waals surface area contributed by atoms with Crippen molar-refractivity contribution in [1.82, 2.24) is 14.6 Å². The highest BCUT2D eigenvalue weighted by atomic mass is 19.4. The lowest BCUT2D eigenvalue weighted by Gasteiger charge is -2.37. The van der Waals surface area contributed by atoms with E-state index in [2.05, 4.69) is 15.4 Å². The topological polar surface area (TPSA) is 62.5 Å². The fourth-order valence-electron chi connectivity index (χ4n) is 3.21. The molecule has 0 aliphatic heterocycles. The summed E-state index contributed by atoms with van der Waals surface area (Å²) in [6.07, 6.45) is -0.463. The zero-order valence-corrected chi connectivity index (χ0v) is 12.8. The average molecular weight is 328 g/mol. The average Bonchev–Trinajstić information content (AvgIpc) is 2.85. The van der Waals surface area contributed by atoms with E-state index in [4.69, 9.17) is 0 Å². The van der Waals surface area contributed by atoms with Crippen molar-refractivity contribution in [2.75, 3.05) is 11.9 Å². The Morgan fingerprint density at radius 3 is 3.00 bits per heavy atom. The molecule has 0 radical (unpaired) electrons. The van der Waals surface area contributed by atoms with Crippen LogP contribution in [0.2, 0.25) is 0 Å². The normalized spacial score (nSPS) is 25.7. The van der Waals surface area contributed by atoms with E-state index in [0.717, 1.165) is 11.2 Å². The third-order valence-corrected chi connectivity index (χ3v) is 4.38. The van der Waals surface area contributed by atoms with Crippen molar-refractivity contribution in [2.24, 2.45) is 5.92 Å². The molecule has 0 bridgehead atoms. The van der Waals surface area contributed by atoms with Crippen LogP contribution >= 0.6 is 0 Å². The molecule has 0 spiro atoms. The number of nitrogens with one attached hydrogen (secondary N) is 1. The number of aromatic nitrogens is 3. The predicted molar refractivity (Wildman–Crippen MR) is 79.2 cm³/mol. The molecule has 2 unspecified atom stereocenters. The summed E-state index contributed by atoms with van der Waals surface area (Å²) in [5, 5.41) is 17.8. The van der Waals surface area contributed by atoms with E-state index < -0.39 is 17.7 Å². The Morgan fingerprint density at radius 1 is 1.48 bits per heavy atom. The number of nitrogens with zero attached hydrogens (tertiary/aromatic N) is 3. The first kappa shape index (κ1) is 16.0. The van der Waals surface area contributed by atoms with E-state index in [9.17, 15) is 18.3 Å². The molecule has 23 heavy (non-hydrogen) atoms. The van der Waals surface area contributed by atoms with Crippen LogP contribution in [0.25, 0.3) is 5.52 Å². The van der Waals surface area contributed by atoms with Crippen molar-refractivity contribution in [3.63, 3.8) is 0 Å². The van der Waals surface area contributed by atoms with Crippen molar-refractivity contribution >= 4 is 11.3 Å². The van der Waals surface area contributed by atoms with Crippen LogP contribution in [-0.4, -0.2) is 38.0 Å². The summed E-state index contributed by atoms with van der Waals surface area (Å²) < 4.78 is 40.4. The van der Waals surface area contributed by atoms with Crippen LogP contribution in [0.4, 0.5) is 19.0 Å². The molecule has 1 aliphatic rings. The number of alkyl halides is 3. The maximum Gasteiger partial charge on any atom is 0.391 e. The maximum absolute atomic E-state index is 12.9. The van der Waals surface area contributed by atoms with E-state index in [1.54, 1.807) is 16.9 Å². The minimum absolute atomic E-state index is 0.0382. The number of aryl methyl sites for hydroxylation is 1. The number of halogens is 3. The van der Waals surface area contributed by atoms with Crippen LogP contribution in [0.3, 0.4) is 0 Å². The van der Waals surface area contributed by atoms with Gasteiger partial charge in [-0.15, -0.1) is 0 Å². The second-order valence-electron chi connectivity index (χ2n) is 6.30. The molecular weight excluding hydrogens is 309 g/mol. The van der Waals surface area contributed by atoms with Crippen LogP contribution in [0, 0.1) is 12.8 Å². The number of aliphatic hydroxyl groups is 1. The van der Waals surface area contributed by atoms with E-state index in [-0.39, 0.29) is 19.4 Å². The van der Waals surface area contributed by atoms with Gasteiger partial charge in [-0.1, -0.05) is 0 Å². The van der Waals surface area contributed by atoms with Crippen molar-refractivity contribution in [1.29, 1.82) is 0 Å². The van der Waals surface area contributed by atoms with Gasteiger partial charge in [0.25, 0.3) is 0 Å². The molecule has 2 atom stereocenters. The van der Waals surface area contributed by atoms with Gasteiger partial charge in [-0.2, -0.15) is 18.3 Å². The summed E-state index contributed by atoms with van der Waals surface area (Å²) in [4.78, 5) is 4.20. The smallest absolute Gasteiger partial charge is 0.388 e. The second kappa shape index (κ2) is 5.67. The number of hydrogen-bond donors (Lipinski definition) is 2. The first-order valence-corrected chi connectivity index (χ1v) is 7.61. The predicted octanol–water partition coefficient (Wildman–Crippen LogP) is 2.93. The summed E-state index contributed by atoms with van der Waals surface area (Å²) in [5.41, 5.74) is 0.175. The summed E-state index contributed by atoms with van der Waals surface area (Å²) >= 11 is 0. The number of hydrogen-bond acceptors (Lipinski definition) is 4. The number of rotatable bonds is 3.